The van der Waals surface area contributed by atoms with Crippen molar-refractivity contribution in [3.05, 3.63) is 71.7 Å². The van der Waals surface area contributed by atoms with Crippen molar-refractivity contribution in [3.8, 4) is 17.3 Å². The van der Waals surface area contributed by atoms with Crippen molar-refractivity contribution in [1.29, 1.82) is 0 Å². The van der Waals surface area contributed by atoms with Crippen LogP contribution in [-0.2, 0) is 17.8 Å². The summed E-state index contributed by atoms with van der Waals surface area (Å²) in [6.07, 6.45) is 3.22. The van der Waals surface area contributed by atoms with Crippen molar-refractivity contribution >= 4 is 5.91 Å². The Morgan fingerprint density at radius 3 is 2.57 bits per heavy atom. The first kappa shape index (κ1) is 20.1. The normalized spacial score (nSPS) is 13.3. The van der Waals surface area contributed by atoms with Gasteiger partial charge in [-0.15, -0.1) is 0 Å². The van der Waals surface area contributed by atoms with Gasteiger partial charge >= 0.3 is 0 Å². The average molecular weight is 407 g/mol. The average Bonchev–Trinajstić information content (AvgIpc) is 3.55. The summed E-state index contributed by atoms with van der Waals surface area (Å²) in [5.74, 6) is 0.689. The number of rotatable bonds is 8. The van der Waals surface area contributed by atoms with Crippen molar-refractivity contribution in [1.82, 2.24) is 14.7 Å². The van der Waals surface area contributed by atoms with E-state index in [2.05, 4.69) is 0 Å². The lowest BCUT2D eigenvalue weighted by Gasteiger charge is -2.22. The molecule has 1 aliphatic rings. The molecule has 156 valence electrons. The number of hydrogen-bond donors (Lipinski definition) is 0. The maximum atomic E-state index is 13.8. The smallest absolute Gasteiger partial charge is 0.227 e. The van der Waals surface area contributed by atoms with Crippen LogP contribution < -0.4 is 4.74 Å². The Kier molecular flexibility index (Phi) is 5.84. The monoisotopic (exact) mass is 407 g/mol. The lowest BCUT2D eigenvalue weighted by molar-refractivity contribution is -0.132. The standard InChI is InChI=1S/C24H26FN3O2/c1-3-22-21(16-27(18-13-14-18)23(29)4-2)24(30-20-12-8-9-17(25)15-20)28(26-22)19-10-6-5-7-11-19/h5-12,15,18H,3-4,13-14,16H2,1-2H3. The topological polar surface area (TPSA) is 47.4 Å². The zero-order valence-corrected chi connectivity index (χ0v) is 17.3. The van der Waals surface area contributed by atoms with Crippen molar-refractivity contribution < 1.29 is 13.9 Å². The lowest BCUT2D eigenvalue weighted by Crippen LogP contribution is -2.32. The number of nitrogens with zero attached hydrogens (tertiary/aromatic N) is 3. The lowest BCUT2D eigenvalue weighted by atomic mass is 10.1. The summed E-state index contributed by atoms with van der Waals surface area (Å²) >= 11 is 0. The fourth-order valence-electron chi connectivity index (χ4n) is 3.59. The molecule has 0 N–H and O–H groups in total. The molecule has 0 saturated heterocycles. The Hall–Kier alpha value is -3.15. The van der Waals surface area contributed by atoms with Crippen LogP contribution in [0.25, 0.3) is 5.69 Å². The largest absolute Gasteiger partial charge is 0.438 e. The summed E-state index contributed by atoms with van der Waals surface area (Å²) in [6.45, 7) is 4.37. The van der Waals surface area contributed by atoms with Gasteiger partial charge in [0.15, 0.2) is 0 Å². The third-order valence-electron chi connectivity index (χ3n) is 5.30. The van der Waals surface area contributed by atoms with Gasteiger partial charge in [0.1, 0.15) is 11.6 Å². The van der Waals surface area contributed by atoms with Gasteiger partial charge in [0.2, 0.25) is 11.8 Å². The second-order valence-electron chi connectivity index (χ2n) is 7.50. The van der Waals surface area contributed by atoms with Gasteiger partial charge in [0, 0.05) is 18.5 Å². The summed E-state index contributed by atoms with van der Waals surface area (Å²) in [5, 5.41) is 4.80. The molecule has 1 amide bonds. The van der Waals surface area contributed by atoms with Crippen LogP contribution in [0.5, 0.6) is 11.6 Å². The fourth-order valence-corrected chi connectivity index (χ4v) is 3.59. The number of carbonyl (C=O) groups is 1. The number of hydrogen-bond acceptors (Lipinski definition) is 3. The summed E-state index contributed by atoms with van der Waals surface area (Å²) in [5.41, 5.74) is 2.60. The summed E-state index contributed by atoms with van der Waals surface area (Å²) in [7, 11) is 0. The number of aromatic nitrogens is 2. The van der Waals surface area contributed by atoms with E-state index >= 15 is 0 Å². The van der Waals surface area contributed by atoms with E-state index in [-0.39, 0.29) is 17.8 Å². The molecule has 0 bridgehead atoms. The molecule has 1 heterocycles. The second-order valence-corrected chi connectivity index (χ2v) is 7.50. The van der Waals surface area contributed by atoms with Gasteiger partial charge in [-0.25, -0.2) is 9.07 Å². The molecule has 0 unspecified atom stereocenters. The van der Waals surface area contributed by atoms with Crippen molar-refractivity contribution in [2.75, 3.05) is 0 Å². The molecule has 30 heavy (non-hydrogen) atoms. The number of benzene rings is 2. The van der Waals surface area contributed by atoms with Crippen LogP contribution in [0.1, 0.15) is 44.4 Å². The van der Waals surface area contributed by atoms with Crippen LogP contribution in [0.2, 0.25) is 0 Å². The third kappa shape index (κ3) is 4.22. The van der Waals surface area contributed by atoms with Crippen LogP contribution in [0.15, 0.2) is 54.6 Å². The van der Waals surface area contributed by atoms with Crippen LogP contribution in [0, 0.1) is 5.82 Å². The number of amides is 1. The van der Waals surface area contributed by atoms with E-state index in [1.54, 1.807) is 16.8 Å². The molecule has 0 atom stereocenters. The third-order valence-corrected chi connectivity index (χ3v) is 5.30. The van der Waals surface area contributed by atoms with Gasteiger partial charge in [-0.3, -0.25) is 4.79 Å². The molecular formula is C24H26FN3O2. The fraction of sp³-hybridized carbons (Fsp3) is 0.333. The molecule has 2 aromatic carbocycles. The predicted molar refractivity (Wildman–Crippen MR) is 113 cm³/mol. The molecule has 1 aromatic heterocycles. The van der Waals surface area contributed by atoms with E-state index in [9.17, 15) is 9.18 Å². The van der Waals surface area contributed by atoms with Crippen LogP contribution in [0.4, 0.5) is 4.39 Å². The Balaban J connectivity index is 1.80. The van der Waals surface area contributed by atoms with Crippen LogP contribution in [-0.4, -0.2) is 26.6 Å². The quantitative estimate of drug-likeness (QED) is 0.511. The van der Waals surface area contributed by atoms with Crippen LogP contribution in [0.3, 0.4) is 0 Å². The number of carbonyl (C=O) groups excluding carboxylic acids is 1. The highest BCUT2D eigenvalue weighted by Gasteiger charge is 2.34. The van der Waals surface area contributed by atoms with E-state index in [1.807, 2.05) is 49.1 Å². The number of ether oxygens (including phenoxy) is 1. The van der Waals surface area contributed by atoms with Gasteiger partial charge in [-0.05, 0) is 43.5 Å². The molecule has 0 radical (unpaired) electrons. The maximum absolute atomic E-state index is 13.8. The summed E-state index contributed by atoms with van der Waals surface area (Å²) < 4.78 is 21.7. The van der Waals surface area contributed by atoms with Gasteiger partial charge in [0.25, 0.3) is 0 Å². The van der Waals surface area contributed by atoms with E-state index < -0.39 is 0 Å². The van der Waals surface area contributed by atoms with E-state index in [0.29, 0.717) is 31.0 Å². The van der Waals surface area contributed by atoms with Gasteiger partial charge in [0.05, 0.1) is 23.5 Å². The zero-order chi connectivity index (χ0) is 21.1. The highest BCUT2D eigenvalue weighted by molar-refractivity contribution is 5.76. The van der Waals surface area contributed by atoms with Gasteiger partial charge < -0.3 is 9.64 Å². The van der Waals surface area contributed by atoms with Gasteiger partial charge in [-0.2, -0.15) is 5.10 Å². The first-order chi connectivity index (χ1) is 14.6. The van der Waals surface area contributed by atoms with Crippen molar-refractivity contribution in [2.24, 2.45) is 0 Å². The van der Waals surface area contributed by atoms with E-state index in [4.69, 9.17) is 9.84 Å². The molecule has 1 fully saturated rings. The first-order valence-electron chi connectivity index (χ1n) is 10.5. The highest BCUT2D eigenvalue weighted by Crippen LogP contribution is 2.35. The Bertz CT molecular complexity index is 1030. The zero-order valence-electron chi connectivity index (χ0n) is 17.3. The summed E-state index contributed by atoms with van der Waals surface area (Å²) in [4.78, 5) is 14.5. The Labute approximate surface area is 176 Å². The highest BCUT2D eigenvalue weighted by atomic mass is 19.1. The minimum Gasteiger partial charge on any atom is -0.438 e. The van der Waals surface area contributed by atoms with Crippen LogP contribution >= 0.6 is 0 Å². The van der Waals surface area contributed by atoms with Crippen molar-refractivity contribution in [2.45, 2.75) is 52.1 Å². The molecule has 6 heteroatoms. The van der Waals surface area contributed by atoms with E-state index in [1.165, 1.54) is 12.1 Å². The molecular weight excluding hydrogens is 381 g/mol. The van der Waals surface area contributed by atoms with Crippen molar-refractivity contribution in [3.63, 3.8) is 0 Å². The minimum atomic E-state index is -0.365. The maximum Gasteiger partial charge on any atom is 0.227 e. The first-order valence-corrected chi connectivity index (χ1v) is 10.5. The molecule has 0 aliphatic heterocycles. The number of aryl methyl sites for hydroxylation is 1. The molecule has 4 rings (SSSR count). The van der Waals surface area contributed by atoms with Gasteiger partial charge in [-0.1, -0.05) is 38.1 Å². The van der Waals surface area contributed by atoms with E-state index in [0.717, 1.165) is 29.8 Å². The Morgan fingerprint density at radius 2 is 1.93 bits per heavy atom. The molecule has 0 spiro atoms. The Morgan fingerprint density at radius 1 is 1.17 bits per heavy atom. The minimum absolute atomic E-state index is 0.128. The molecule has 3 aromatic rings. The number of halogens is 1. The molecule has 1 aliphatic carbocycles. The molecule has 5 nitrogen and oxygen atoms in total. The molecule has 1 saturated carbocycles. The number of para-hydroxylation sites is 1. The second kappa shape index (κ2) is 8.69. The SMILES string of the molecule is CCC(=O)N(Cc1c(CC)nn(-c2ccccc2)c1Oc1cccc(F)c1)C1CC1. The predicted octanol–water partition coefficient (Wildman–Crippen LogP) is 5.27. The summed E-state index contributed by atoms with van der Waals surface area (Å²) in [6, 6.07) is 16.1.